The fourth-order valence-electron chi connectivity index (χ4n) is 2.63. The van der Waals surface area contributed by atoms with Crippen molar-refractivity contribution in [1.82, 2.24) is 0 Å². The van der Waals surface area contributed by atoms with E-state index in [0.29, 0.717) is 19.8 Å². The van der Waals surface area contributed by atoms with Gasteiger partial charge in [0.15, 0.2) is 6.29 Å². The second-order valence-electron chi connectivity index (χ2n) is 6.93. The van der Waals surface area contributed by atoms with Gasteiger partial charge in [-0.2, -0.15) is 0 Å². The van der Waals surface area contributed by atoms with E-state index in [4.69, 9.17) is 18.9 Å². The third kappa shape index (κ3) is 4.86. The highest BCUT2D eigenvalue weighted by atomic mass is 127. The van der Waals surface area contributed by atoms with E-state index < -0.39 is 0 Å². The van der Waals surface area contributed by atoms with Crippen LogP contribution in [0.5, 0.6) is 11.5 Å². The summed E-state index contributed by atoms with van der Waals surface area (Å²) in [5.41, 5.74) is 2.11. The van der Waals surface area contributed by atoms with Crippen LogP contribution in [0.1, 0.15) is 31.3 Å². The fraction of sp³-hybridized carbons (Fsp3) is 0.400. The third-order valence-corrected chi connectivity index (χ3v) is 4.71. The first-order valence-corrected chi connectivity index (χ1v) is 9.33. The molecule has 1 aliphatic rings. The Labute approximate surface area is 162 Å². The molecular weight excluding hydrogens is 431 g/mol. The van der Waals surface area contributed by atoms with Crippen molar-refractivity contribution in [3.8, 4) is 11.5 Å². The Hall–Kier alpha value is -1.31. The maximum absolute atomic E-state index is 5.90. The van der Waals surface area contributed by atoms with Gasteiger partial charge in [0.1, 0.15) is 18.1 Å². The first-order chi connectivity index (χ1) is 12.0. The number of hydrogen-bond acceptors (Lipinski definition) is 4. The van der Waals surface area contributed by atoms with E-state index in [0.717, 1.165) is 26.2 Å². The van der Waals surface area contributed by atoms with Crippen molar-refractivity contribution in [2.24, 2.45) is 5.41 Å². The van der Waals surface area contributed by atoms with Crippen LogP contribution in [-0.4, -0.2) is 20.3 Å². The van der Waals surface area contributed by atoms with Crippen molar-refractivity contribution in [3.05, 3.63) is 57.2 Å². The van der Waals surface area contributed by atoms with Crippen molar-refractivity contribution in [2.75, 3.05) is 20.3 Å². The molecule has 1 fully saturated rings. The van der Waals surface area contributed by atoms with E-state index in [-0.39, 0.29) is 11.7 Å². The number of halogens is 1. The van der Waals surface area contributed by atoms with Crippen LogP contribution in [-0.2, 0) is 16.1 Å². The minimum absolute atomic E-state index is 0.0752. The minimum Gasteiger partial charge on any atom is -0.496 e. The summed E-state index contributed by atoms with van der Waals surface area (Å²) >= 11 is 2.29. The normalized spacial score (nSPS) is 17.3. The molecule has 0 N–H and O–H groups in total. The Bertz CT molecular complexity index is 702. The quantitative estimate of drug-likeness (QED) is 0.600. The molecule has 1 aliphatic heterocycles. The molecule has 2 aromatic rings. The van der Waals surface area contributed by atoms with Gasteiger partial charge in [0, 0.05) is 20.1 Å². The van der Waals surface area contributed by atoms with Gasteiger partial charge in [0.05, 0.1) is 20.3 Å². The molecule has 1 heterocycles. The zero-order valence-electron chi connectivity index (χ0n) is 14.8. The lowest BCUT2D eigenvalue weighted by Crippen LogP contribution is -2.33. The first-order valence-electron chi connectivity index (χ1n) is 8.25. The molecule has 0 amide bonds. The van der Waals surface area contributed by atoms with Gasteiger partial charge in [-0.15, -0.1) is 0 Å². The highest BCUT2D eigenvalue weighted by molar-refractivity contribution is 14.1. The molecule has 0 atom stereocenters. The zero-order valence-corrected chi connectivity index (χ0v) is 16.9. The van der Waals surface area contributed by atoms with E-state index in [2.05, 4.69) is 42.5 Å². The summed E-state index contributed by atoms with van der Waals surface area (Å²) in [4.78, 5) is 0. The summed E-state index contributed by atoms with van der Waals surface area (Å²) in [6.45, 7) is 6.13. The number of rotatable bonds is 5. The highest BCUT2D eigenvalue weighted by Crippen LogP contribution is 2.32. The topological polar surface area (TPSA) is 36.9 Å². The fourth-order valence-corrected chi connectivity index (χ4v) is 3.18. The monoisotopic (exact) mass is 454 g/mol. The second kappa shape index (κ2) is 7.93. The Kier molecular flexibility index (Phi) is 5.86. The lowest BCUT2D eigenvalue weighted by molar-refractivity contribution is -0.226. The zero-order chi connectivity index (χ0) is 17.9. The molecule has 25 heavy (non-hydrogen) atoms. The Balaban J connectivity index is 1.61. The molecule has 3 rings (SSSR count). The molecule has 0 radical (unpaired) electrons. The van der Waals surface area contributed by atoms with Gasteiger partial charge in [0.25, 0.3) is 0 Å². The average Bonchev–Trinajstić information content (AvgIpc) is 2.61. The summed E-state index contributed by atoms with van der Waals surface area (Å²) < 4.78 is 24.1. The van der Waals surface area contributed by atoms with Crippen molar-refractivity contribution in [2.45, 2.75) is 26.7 Å². The summed E-state index contributed by atoms with van der Waals surface area (Å²) in [5, 5.41) is 0. The molecule has 0 saturated carbocycles. The van der Waals surface area contributed by atoms with Gasteiger partial charge < -0.3 is 18.9 Å². The van der Waals surface area contributed by atoms with Crippen molar-refractivity contribution < 1.29 is 18.9 Å². The van der Waals surface area contributed by atoms with Crippen molar-refractivity contribution >= 4 is 22.6 Å². The maximum atomic E-state index is 5.90. The highest BCUT2D eigenvalue weighted by Gasteiger charge is 2.29. The van der Waals surface area contributed by atoms with Crippen molar-refractivity contribution in [1.29, 1.82) is 0 Å². The number of hydrogen-bond donors (Lipinski definition) is 0. The Morgan fingerprint density at radius 1 is 1.08 bits per heavy atom. The molecular formula is C20H23IO4. The molecule has 0 aromatic heterocycles. The van der Waals surface area contributed by atoms with Gasteiger partial charge >= 0.3 is 0 Å². The molecule has 134 valence electrons. The molecule has 0 spiro atoms. The van der Waals surface area contributed by atoms with Crippen LogP contribution in [0.15, 0.2) is 42.5 Å². The molecule has 2 aromatic carbocycles. The van der Waals surface area contributed by atoms with Crippen LogP contribution in [0, 0.1) is 8.99 Å². The summed E-state index contributed by atoms with van der Waals surface area (Å²) in [7, 11) is 1.67. The van der Waals surface area contributed by atoms with Gasteiger partial charge in [0.2, 0.25) is 0 Å². The van der Waals surface area contributed by atoms with E-state index in [1.807, 2.05) is 36.4 Å². The third-order valence-electron chi connectivity index (χ3n) is 4.04. The Morgan fingerprint density at radius 2 is 1.76 bits per heavy atom. The van der Waals surface area contributed by atoms with Crippen molar-refractivity contribution in [3.63, 3.8) is 0 Å². The number of ether oxygens (including phenoxy) is 4. The largest absolute Gasteiger partial charge is 0.496 e. The van der Waals surface area contributed by atoms with Crippen LogP contribution in [0.25, 0.3) is 0 Å². The predicted octanol–water partition coefficient (Wildman–Crippen LogP) is 4.95. The first kappa shape index (κ1) is 18.5. The molecule has 0 aliphatic carbocycles. The van der Waals surface area contributed by atoms with E-state index in [9.17, 15) is 0 Å². The van der Waals surface area contributed by atoms with Crippen LogP contribution in [0.2, 0.25) is 0 Å². The summed E-state index contributed by atoms with van der Waals surface area (Å²) in [5.74, 6) is 1.64. The molecule has 5 heteroatoms. The van der Waals surface area contributed by atoms with Crippen LogP contribution >= 0.6 is 22.6 Å². The average molecular weight is 454 g/mol. The smallest absolute Gasteiger partial charge is 0.183 e. The summed E-state index contributed by atoms with van der Waals surface area (Å²) in [6.07, 6.45) is -0.294. The van der Waals surface area contributed by atoms with Gasteiger partial charge in [-0.3, -0.25) is 0 Å². The summed E-state index contributed by atoms with van der Waals surface area (Å²) in [6, 6.07) is 13.9. The van der Waals surface area contributed by atoms with E-state index in [1.54, 1.807) is 7.11 Å². The number of methoxy groups -OCH3 is 1. The molecule has 4 nitrogen and oxygen atoms in total. The maximum Gasteiger partial charge on any atom is 0.183 e. The number of benzene rings is 2. The second-order valence-corrected chi connectivity index (χ2v) is 8.18. The standard InChI is InChI=1S/C20H23IO4/c1-20(2)12-24-19(25-13-20)14-4-7-17(8-5-14)23-11-15-10-16(21)6-9-18(15)22-3/h4-10,19H,11-13H2,1-3H3. The molecule has 0 unspecified atom stereocenters. The molecule has 0 bridgehead atoms. The van der Waals surface area contributed by atoms with Crippen LogP contribution < -0.4 is 9.47 Å². The molecule has 1 saturated heterocycles. The Morgan fingerprint density at radius 3 is 2.40 bits per heavy atom. The van der Waals surface area contributed by atoms with Gasteiger partial charge in [-0.25, -0.2) is 0 Å². The lowest BCUT2D eigenvalue weighted by Gasteiger charge is -2.34. The predicted molar refractivity (Wildman–Crippen MR) is 105 cm³/mol. The van der Waals surface area contributed by atoms with Gasteiger partial charge in [-0.05, 0) is 52.9 Å². The van der Waals surface area contributed by atoms with E-state index >= 15 is 0 Å². The van der Waals surface area contributed by atoms with E-state index in [1.165, 1.54) is 0 Å². The van der Waals surface area contributed by atoms with Crippen LogP contribution in [0.3, 0.4) is 0 Å². The van der Waals surface area contributed by atoms with Gasteiger partial charge in [-0.1, -0.05) is 26.0 Å². The SMILES string of the molecule is COc1ccc(I)cc1COc1ccc(C2OCC(C)(C)CO2)cc1. The minimum atomic E-state index is -0.294. The van der Waals surface area contributed by atoms with Crippen LogP contribution in [0.4, 0.5) is 0 Å². The lowest BCUT2D eigenvalue weighted by atomic mass is 9.95.